The van der Waals surface area contributed by atoms with Gasteiger partial charge in [0.25, 0.3) is 0 Å². The van der Waals surface area contributed by atoms with E-state index in [0.717, 1.165) is 50.6 Å². The lowest BCUT2D eigenvalue weighted by molar-refractivity contribution is -0.0660. The van der Waals surface area contributed by atoms with Gasteiger partial charge in [-0.05, 0) is 23.1 Å². The van der Waals surface area contributed by atoms with E-state index in [9.17, 15) is 5.26 Å². The zero-order chi connectivity index (χ0) is 15.7. The van der Waals surface area contributed by atoms with Crippen molar-refractivity contribution in [2.24, 2.45) is 0 Å². The summed E-state index contributed by atoms with van der Waals surface area (Å²) in [5, 5.41) is 9.52. The Kier molecular flexibility index (Phi) is 4.12. The molecule has 1 aromatic rings. The molecular weight excluding hydrogens is 274 g/mol. The van der Waals surface area contributed by atoms with Gasteiger partial charge in [0.15, 0.2) is 0 Å². The number of piperazine rings is 1. The maximum atomic E-state index is 9.52. The minimum absolute atomic E-state index is 0.0764. The fourth-order valence-electron chi connectivity index (χ4n) is 3.13. The van der Waals surface area contributed by atoms with Crippen LogP contribution in [0, 0.1) is 11.3 Å². The second kappa shape index (κ2) is 5.91. The molecule has 2 heterocycles. The molecule has 2 aliphatic rings. The highest BCUT2D eigenvalue weighted by Crippen LogP contribution is 2.29. The summed E-state index contributed by atoms with van der Waals surface area (Å²) in [4.78, 5) is 4.86. The summed E-state index contributed by atoms with van der Waals surface area (Å²) >= 11 is 0. The number of ether oxygens (including phenoxy) is 1. The van der Waals surface area contributed by atoms with Crippen LogP contribution in [0.3, 0.4) is 0 Å². The van der Waals surface area contributed by atoms with Gasteiger partial charge in [-0.2, -0.15) is 5.26 Å². The zero-order valence-electron chi connectivity index (χ0n) is 13.8. The average molecular weight is 299 g/mol. The minimum atomic E-state index is 0.0764. The Morgan fingerprint density at radius 3 is 2.32 bits per heavy atom. The third-order valence-corrected chi connectivity index (χ3v) is 4.77. The van der Waals surface area contributed by atoms with Gasteiger partial charge >= 0.3 is 0 Å². The summed E-state index contributed by atoms with van der Waals surface area (Å²) in [6, 6.07) is 9.35. The maximum absolute atomic E-state index is 9.52. The van der Waals surface area contributed by atoms with Crippen molar-refractivity contribution < 1.29 is 4.74 Å². The van der Waals surface area contributed by atoms with Crippen molar-refractivity contribution in [1.29, 1.82) is 5.26 Å². The smallest absolute Gasteiger partial charge is 0.101 e. The van der Waals surface area contributed by atoms with Crippen LogP contribution in [-0.4, -0.2) is 50.3 Å². The van der Waals surface area contributed by atoms with Gasteiger partial charge in [-0.25, -0.2) is 0 Å². The van der Waals surface area contributed by atoms with Gasteiger partial charge in [0.1, 0.15) is 6.07 Å². The Hall–Kier alpha value is -1.57. The Morgan fingerprint density at radius 1 is 1.14 bits per heavy atom. The molecule has 2 aliphatic heterocycles. The molecule has 4 nitrogen and oxygen atoms in total. The highest BCUT2D eigenvalue weighted by molar-refractivity contribution is 5.61. The van der Waals surface area contributed by atoms with E-state index in [-0.39, 0.29) is 5.41 Å². The van der Waals surface area contributed by atoms with E-state index < -0.39 is 0 Å². The van der Waals surface area contributed by atoms with Crippen molar-refractivity contribution in [1.82, 2.24) is 4.90 Å². The van der Waals surface area contributed by atoms with E-state index in [1.165, 1.54) is 5.56 Å². The molecule has 2 fully saturated rings. The maximum Gasteiger partial charge on any atom is 0.101 e. The predicted molar refractivity (Wildman–Crippen MR) is 88.3 cm³/mol. The molecule has 118 valence electrons. The van der Waals surface area contributed by atoms with E-state index in [1.54, 1.807) is 0 Å². The summed E-state index contributed by atoms with van der Waals surface area (Å²) in [5.41, 5.74) is 3.18. The van der Waals surface area contributed by atoms with Crippen molar-refractivity contribution in [2.45, 2.75) is 32.2 Å². The van der Waals surface area contributed by atoms with Crippen LogP contribution < -0.4 is 4.90 Å². The van der Waals surface area contributed by atoms with Crippen LogP contribution in [-0.2, 0) is 10.2 Å². The molecule has 0 aliphatic carbocycles. The number of benzene rings is 1. The molecule has 0 atom stereocenters. The fourth-order valence-corrected chi connectivity index (χ4v) is 3.13. The van der Waals surface area contributed by atoms with E-state index in [1.807, 2.05) is 0 Å². The number of hydrogen-bond acceptors (Lipinski definition) is 4. The number of nitrogens with zero attached hydrogens (tertiary/aromatic N) is 3. The van der Waals surface area contributed by atoms with Crippen molar-refractivity contribution in [3.05, 3.63) is 29.3 Å². The predicted octanol–water partition coefficient (Wildman–Crippen LogP) is 2.38. The summed E-state index contributed by atoms with van der Waals surface area (Å²) in [6.45, 7) is 12.4. The van der Waals surface area contributed by atoms with Crippen LogP contribution in [0.15, 0.2) is 18.2 Å². The van der Waals surface area contributed by atoms with Crippen LogP contribution in [0.5, 0.6) is 0 Å². The minimum Gasteiger partial charge on any atom is -0.378 e. The van der Waals surface area contributed by atoms with Crippen LogP contribution in [0.1, 0.15) is 31.9 Å². The summed E-state index contributed by atoms with van der Waals surface area (Å²) in [7, 11) is 0. The van der Waals surface area contributed by atoms with Gasteiger partial charge in [-0.1, -0.05) is 26.8 Å². The molecular formula is C18H25N3O. The van der Waals surface area contributed by atoms with Gasteiger partial charge in [0.05, 0.1) is 30.5 Å². The number of anilines is 1. The molecule has 22 heavy (non-hydrogen) atoms. The highest BCUT2D eigenvalue weighted by atomic mass is 16.5. The van der Waals surface area contributed by atoms with Gasteiger partial charge in [-0.15, -0.1) is 0 Å². The number of nitriles is 1. The summed E-state index contributed by atoms with van der Waals surface area (Å²) in [5.74, 6) is 0. The molecule has 0 radical (unpaired) electrons. The topological polar surface area (TPSA) is 39.5 Å². The SMILES string of the molecule is CC(C)(C)c1ccc(N2CCN(C3COC3)CC2)c(C#N)c1. The Labute approximate surface area is 133 Å². The van der Waals surface area contributed by atoms with E-state index in [0.29, 0.717) is 6.04 Å². The first kappa shape index (κ1) is 15.3. The first-order valence-electron chi connectivity index (χ1n) is 8.10. The van der Waals surface area contributed by atoms with Gasteiger partial charge < -0.3 is 9.64 Å². The third-order valence-electron chi connectivity index (χ3n) is 4.77. The van der Waals surface area contributed by atoms with Gasteiger partial charge in [0, 0.05) is 26.2 Å². The first-order valence-corrected chi connectivity index (χ1v) is 8.10. The average Bonchev–Trinajstić information content (AvgIpc) is 2.45. The molecule has 4 heteroatoms. The molecule has 0 aromatic heterocycles. The second-order valence-electron chi connectivity index (χ2n) is 7.31. The van der Waals surface area contributed by atoms with E-state index >= 15 is 0 Å². The van der Waals surface area contributed by atoms with E-state index in [2.05, 4.69) is 54.8 Å². The lowest BCUT2D eigenvalue weighted by Gasteiger charge is -2.43. The molecule has 0 N–H and O–H groups in total. The van der Waals surface area contributed by atoms with Crippen molar-refractivity contribution in [3.63, 3.8) is 0 Å². The summed E-state index contributed by atoms with van der Waals surface area (Å²) < 4.78 is 5.28. The highest BCUT2D eigenvalue weighted by Gasteiger charge is 2.29. The largest absolute Gasteiger partial charge is 0.378 e. The van der Waals surface area contributed by atoms with Crippen LogP contribution in [0.25, 0.3) is 0 Å². The third kappa shape index (κ3) is 2.97. The molecule has 1 aromatic carbocycles. The molecule has 0 spiro atoms. The molecule has 0 saturated carbocycles. The molecule has 3 rings (SSSR count). The monoisotopic (exact) mass is 299 g/mol. The number of hydrogen-bond donors (Lipinski definition) is 0. The number of rotatable bonds is 2. The molecule has 0 amide bonds. The lowest BCUT2D eigenvalue weighted by atomic mass is 9.86. The lowest BCUT2D eigenvalue weighted by Crippen LogP contribution is -2.56. The standard InChI is InChI=1S/C18H25N3O/c1-18(2,3)15-4-5-17(14(10-15)11-19)21-8-6-20(7-9-21)16-12-22-13-16/h4-5,10,16H,6-9,12-13H2,1-3H3. The van der Waals surface area contributed by atoms with Crippen LogP contribution in [0.2, 0.25) is 0 Å². The normalized spacial score (nSPS) is 20.5. The Morgan fingerprint density at radius 2 is 1.82 bits per heavy atom. The summed E-state index contributed by atoms with van der Waals surface area (Å²) in [6.07, 6.45) is 0. The van der Waals surface area contributed by atoms with Crippen molar-refractivity contribution >= 4 is 5.69 Å². The zero-order valence-corrected chi connectivity index (χ0v) is 13.8. The quantitative estimate of drug-likeness (QED) is 0.840. The second-order valence-corrected chi connectivity index (χ2v) is 7.31. The van der Waals surface area contributed by atoms with Crippen LogP contribution in [0.4, 0.5) is 5.69 Å². The molecule has 0 unspecified atom stereocenters. The first-order chi connectivity index (χ1) is 10.5. The molecule has 0 bridgehead atoms. The fraction of sp³-hybridized carbons (Fsp3) is 0.611. The van der Waals surface area contributed by atoms with Crippen LogP contribution >= 0.6 is 0 Å². The Bertz CT molecular complexity index is 573. The van der Waals surface area contributed by atoms with E-state index in [4.69, 9.17) is 4.74 Å². The van der Waals surface area contributed by atoms with Crippen molar-refractivity contribution in [2.75, 3.05) is 44.3 Å². The van der Waals surface area contributed by atoms with Gasteiger partial charge in [-0.3, -0.25) is 4.90 Å². The van der Waals surface area contributed by atoms with Gasteiger partial charge in [0.2, 0.25) is 0 Å². The molecule has 2 saturated heterocycles. The Balaban J connectivity index is 1.73. The van der Waals surface area contributed by atoms with Crippen molar-refractivity contribution in [3.8, 4) is 6.07 Å².